The Morgan fingerprint density at radius 1 is 1.26 bits per heavy atom. The van der Waals surface area contributed by atoms with E-state index in [1.54, 1.807) is 12.3 Å². The van der Waals surface area contributed by atoms with Crippen LogP contribution < -0.4 is 20.4 Å². The van der Waals surface area contributed by atoms with Gasteiger partial charge in [-0.2, -0.15) is 0 Å². The number of carbonyl (C=O) groups is 2. The summed E-state index contributed by atoms with van der Waals surface area (Å²) in [5.41, 5.74) is -1.24. The number of aromatic nitrogens is 1. The van der Waals surface area contributed by atoms with Crippen molar-refractivity contribution >= 4 is 34.9 Å². The van der Waals surface area contributed by atoms with E-state index in [1.807, 2.05) is 6.07 Å². The minimum Gasteiger partial charge on any atom is -0.372 e. The molecule has 0 spiro atoms. The predicted molar refractivity (Wildman–Crippen MR) is 114 cm³/mol. The van der Waals surface area contributed by atoms with E-state index >= 15 is 0 Å². The first-order valence-corrected chi connectivity index (χ1v) is 10.4. The molecule has 0 radical (unpaired) electrons. The average molecular weight is 448 g/mol. The van der Waals surface area contributed by atoms with Gasteiger partial charge in [-0.05, 0) is 35.9 Å². The van der Waals surface area contributed by atoms with Crippen LogP contribution in [-0.4, -0.2) is 60.2 Å². The number of aliphatic hydroxyl groups is 1. The van der Waals surface area contributed by atoms with Gasteiger partial charge in [0.2, 0.25) is 5.60 Å². The summed E-state index contributed by atoms with van der Waals surface area (Å²) in [6.45, 7) is 3.60. The fourth-order valence-corrected chi connectivity index (χ4v) is 4.07. The second kappa shape index (κ2) is 8.78. The molecule has 0 aliphatic carbocycles. The Morgan fingerprint density at radius 2 is 2.03 bits per heavy atom. The number of nitrogens with zero attached hydrogens (tertiary/aromatic N) is 3. The van der Waals surface area contributed by atoms with Crippen LogP contribution in [0.25, 0.3) is 0 Å². The third kappa shape index (κ3) is 4.48. The molecule has 1 aromatic carbocycles. The van der Waals surface area contributed by atoms with Gasteiger partial charge < -0.3 is 25.5 Å². The number of piperazine rings is 1. The van der Waals surface area contributed by atoms with E-state index in [4.69, 9.17) is 11.6 Å². The molecule has 0 saturated carbocycles. The third-order valence-corrected chi connectivity index (χ3v) is 5.75. The molecule has 10 heteroatoms. The number of rotatable bonds is 5. The monoisotopic (exact) mass is 447 g/mol. The molecule has 2 fully saturated rings. The van der Waals surface area contributed by atoms with Gasteiger partial charge in [-0.3, -0.25) is 9.59 Å². The quantitative estimate of drug-likeness (QED) is 0.593. The number of halogens is 2. The summed E-state index contributed by atoms with van der Waals surface area (Å²) in [5.74, 6) is -1.25. The van der Waals surface area contributed by atoms with E-state index < -0.39 is 23.2 Å². The molecular weight excluding hydrogens is 425 g/mol. The van der Waals surface area contributed by atoms with Crippen LogP contribution in [0.1, 0.15) is 12.0 Å². The van der Waals surface area contributed by atoms with E-state index in [-0.39, 0.29) is 24.5 Å². The van der Waals surface area contributed by atoms with Gasteiger partial charge in [-0.1, -0.05) is 11.6 Å². The number of hydrogen-bond acceptors (Lipinski definition) is 6. The van der Waals surface area contributed by atoms with Gasteiger partial charge in [0, 0.05) is 50.7 Å². The summed E-state index contributed by atoms with van der Waals surface area (Å²) >= 11 is 5.82. The molecule has 2 aromatic rings. The molecule has 0 bridgehead atoms. The fraction of sp³-hybridized carbons (Fsp3) is 0.381. The van der Waals surface area contributed by atoms with E-state index in [1.165, 1.54) is 17.0 Å². The van der Waals surface area contributed by atoms with Crippen molar-refractivity contribution < 1.29 is 19.1 Å². The Balaban J connectivity index is 1.41. The Labute approximate surface area is 184 Å². The largest absolute Gasteiger partial charge is 0.372 e. The maximum Gasteiger partial charge on any atom is 0.268 e. The second-order valence-corrected chi connectivity index (χ2v) is 8.08. The molecular formula is C21H23ClFN5O3. The molecule has 8 nitrogen and oxygen atoms in total. The minimum absolute atomic E-state index is 0.0544. The summed E-state index contributed by atoms with van der Waals surface area (Å²) in [7, 11) is 0. The van der Waals surface area contributed by atoms with Crippen molar-refractivity contribution in [2.24, 2.45) is 0 Å². The number of anilines is 2. The first kappa shape index (κ1) is 21.5. The van der Waals surface area contributed by atoms with E-state index in [2.05, 4.69) is 20.5 Å². The van der Waals surface area contributed by atoms with Gasteiger partial charge in [0.25, 0.3) is 11.8 Å². The predicted octanol–water partition coefficient (Wildman–Crippen LogP) is 1.07. The van der Waals surface area contributed by atoms with Crippen LogP contribution in [0.15, 0.2) is 36.5 Å². The topological polar surface area (TPSA) is 97.8 Å². The second-order valence-electron chi connectivity index (χ2n) is 7.64. The van der Waals surface area contributed by atoms with Gasteiger partial charge in [-0.25, -0.2) is 9.37 Å². The smallest absolute Gasteiger partial charge is 0.268 e. The Bertz CT molecular complexity index is 963. The molecule has 1 aromatic heterocycles. The summed E-state index contributed by atoms with van der Waals surface area (Å²) < 4.78 is 13.5. The lowest BCUT2D eigenvalue weighted by Crippen LogP contribution is -2.52. The van der Waals surface area contributed by atoms with Crippen molar-refractivity contribution in [1.29, 1.82) is 0 Å². The Kier molecular flexibility index (Phi) is 6.08. The first-order chi connectivity index (χ1) is 14.9. The van der Waals surface area contributed by atoms with Crippen molar-refractivity contribution in [1.82, 2.24) is 15.6 Å². The maximum absolute atomic E-state index is 13.5. The number of carbonyl (C=O) groups excluding carboxylic acids is 2. The van der Waals surface area contributed by atoms with Gasteiger partial charge in [0.1, 0.15) is 11.6 Å². The molecule has 2 aliphatic rings. The van der Waals surface area contributed by atoms with E-state index in [0.29, 0.717) is 11.3 Å². The molecule has 1 atom stereocenters. The molecule has 1 unspecified atom stereocenters. The lowest BCUT2D eigenvalue weighted by atomic mass is 10.0. The van der Waals surface area contributed by atoms with Crippen LogP contribution in [0.5, 0.6) is 0 Å². The number of pyridine rings is 1. The highest BCUT2D eigenvalue weighted by atomic mass is 35.5. The number of benzene rings is 1. The molecule has 3 N–H and O–H groups in total. The lowest BCUT2D eigenvalue weighted by Gasteiger charge is -2.28. The van der Waals surface area contributed by atoms with Crippen LogP contribution in [-0.2, 0) is 16.1 Å². The molecule has 164 valence electrons. The number of amides is 2. The van der Waals surface area contributed by atoms with Crippen LogP contribution in [0, 0.1) is 5.82 Å². The number of nitrogens with one attached hydrogen (secondary N) is 2. The highest BCUT2D eigenvalue weighted by Crippen LogP contribution is 2.29. The standard InChI is InChI=1S/C21H23ClFN5O3/c22-15-9-14(10-16(23)11-15)12-26-19(29)21(31)3-6-28(20(21)30)17-1-2-18(25-13-17)27-7-4-24-5-8-27/h1-2,9-11,13,24,31H,3-8,12H2,(H,26,29). The summed E-state index contributed by atoms with van der Waals surface area (Å²) in [6.07, 6.45) is 1.52. The SMILES string of the molecule is O=C(NCc1cc(F)cc(Cl)c1)C1(O)CCN(c2ccc(N3CCNCC3)nc2)C1=O. The van der Waals surface area contributed by atoms with Crippen LogP contribution in [0.3, 0.4) is 0 Å². The molecule has 2 aliphatic heterocycles. The van der Waals surface area contributed by atoms with Crippen molar-refractivity contribution in [3.05, 3.63) is 52.9 Å². The van der Waals surface area contributed by atoms with E-state index in [9.17, 15) is 19.1 Å². The fourth-order valence-electron chi connectivity index (χ4n) is 3.82. The van der Waals surface area contributed by atoms with Gasteiger partial charge in [0.05, 0.1) is 11.9 Å². The summed E-state index contributed by atoms with van der Waals surface area (Å²) in [6, 6.07) is 7.48. The molecule has 4 rings (SSSR count). The van der Waals surface area contributed by atoms with Crippen molar-refractivity contribution in [2.45, 2.75) is 18.6 Å². The van der Waals surface area contributed by atoms with Crippen molar-refractivity contribution in [3.8, 4) is 0 Å². The summed E-state index contributed by atoms with van der Waals surface area (Å²) in [5, 5.41) is 16.7. The lowest BCUT2D eigenvalue weighted by molar-refractivity contribution is -0.149. The van der Waals surface area contributed by atoms with Gasteiger partial charge in [-0.15, -0.1) is 0 Å². The molecule has 31 heavy (non-hydrogen) atoms. The highest BCUT2D eigenvalue weighted by molar-refractivity contribution is 6.30. The number of hydrogen-bond donors (Lipinski definition) is 3. The Morgan fingerprint density at radius 3 is 2.71 bits per heavy atom. The minimum atomic E-state index is -2.19. The maximum atomic E-state index is 13.5. The molecule has 3 heterocycles. The zero-order valence-corrected chi connectivity index (χ0v) is 17.5. The van der Waals surface area contributed by atoms with Crippen LogP contribution in [0.2, 0.25) is 5.02 Å². The Hall–Kier alpha value is -2.75. The van der Waals surface area contributed by atoms with Crippen molar-refractivity contribution in [2.75, 3.05) is 42.5 Å². The van der Waals surface area contributed by atoms with Crippen molar-refractivity contribution in [3.63, 3.8) is 0 Å². The molecule has 2 amide bonds. The first-order valence-electron chi connectivity index (χ1n) is 10.1. The third-order valence-electron chi connectivity index (χ3n) is 5.53. The van der Waals surface area contributed by atoms with Gasteiger partial charge in [0.15, 0.2) is 0 Å². The average Bonchev–Trinajstić information content (AvgIpc) is 3.08. The zero-order chi connectivity index (χ0) is 22.0. The van der Waals surface area contributed by atoms with Gasteiger partial charge >= 0.3 is 0 Å². The highest BCUT2D eigenvalue weighted by Gasteiger charge is 2.51. The molecule has 2 saturated heterocycles. The summed E-state index contributed by atoms with van der Waals surface area (Å²) in [4.78, 5) is 33.4. The van der Waals surface area contributed by atoms with Crippen LogP contribution in [0.4, 0.5) is 15.9 Å². The van der Waals surface area contributed by atoms with E-state index in [0.717, 1.165) is 38.1 Å². The zero-order valence-electron chi connectivity index (χ0n) is 16.8. The normalized spacial score (nSPS) is 21.5. The van der Waals surface area contributed by atoms with Crippen LogP contribution >= 0.6 is 11.6 Å².